The summed E-state index contributed by atoms with van der Waals surface area (Å²) >= 11 is 6.03. The molecule has 8 heteroatoms. The number of aryl methyl sites for hydroxylation is 1. The summed E-state index contributed by atoms with van der Waals surface area (Å²) < 4.78 is 3.68. The van der Waals surface area contributed by atoms with Crippen molar-refractivity contribution >= 4 is 28.4 Å². The Hall–Kier alpha value is -3.58. The fourth-order valence-electron chi connectivity index (χ4n) is 4.03. The normalized spacial score (nSPS) is 11.6. The first kappa shape index (κ1) is 20.3. The predicted molar refractivity (Wildman–Crippen MR) is 127 cm³/mol. The molecule has 0 saturated carbocycles. The van der Waals surface area contributed by atoms with Crippen molar-refractivity contribution in [2.75, 3.05) is 0 Å². The third kappa shape index (κ3) is 3.65. The summed E-state index contributed by atoms with van der Waals surface area (Å²) in [7, 11) is 0. The minimum Gasteiger partial charge on any atom is -0.311 e. The highest BCUT2D eigenvalue weighted by Gasteiger charge is 2.15. The molecule has 2 aromatic carbocycles. The monoisotopic (exact) mass is 447 g/mol. The van der Waals surface area contributed by atoms with E-state index < -0.39 is 0 Å². The minimum atomic E-state index is -0.256. The van der Waals surface area contributed by atoms with Crippen LogP contribution in [0.25, 0.3) is 39.3 Å². The molecule has 5 aromatic rings. The summed E-state index contributed by atoms with van der Waals surface area (Å²) in [6.07, 6.45) is 4.90. The van der Waals surface area contributed by atoms with Gasteiger partial charge in [0.25, 0.3) is 5.56 Å². The Balaban J connectivity index is 1.71. The molecule has 0 aliphatic rings. The second-order valence-electron chi connectivity index (χ2n) is 7.87. The Bertz CT molecular complexity index is 1540. The van der Waals surface area contributed by atoms with Crippen molar-refractivity contribution in [2.24, 2.45) is 0 Å². The third-order valence-corrected chi connectivity index (χ3v) is 5.91. The standard InChI is InChI=1S/C24H22ClN5O2/c1-2-3-4-11-29-21(16-7-10-18-19(12-16)27-23(32)26-18)13-22(31)30-14-20(28-24(29)30)15-5-8-17(25)9-6-15/h5-10,12-14H,2-4,11H2,1H3,(H2,26,27,32). The van der Waals surface area contributed by atoms with Gasteiger partial charge < -0.3 is 14.5 Å². The third-order valence-electron chi connectivity index (χ3n) is 5.65. The van der Waals surface area contributed by atoms with E-state index in [2.05, 4.69) is 21.5 Å². The van der Waals surface area contributed by atoms with Crippen molar-refractivity contribution in [1.82, 2.24) is 23.9 Å². The highest BCUT2D eigenvalue weighted by Crippen LogP contribution is 2.26. The van der Waals surface area contributed by atoms with Crippen molar-refractivity contribution in [2.45, 2.75) is 32.7 Å². The number of hydrogen-bond acceptors (Lipinski definition) is 3. The molecular formula is C24H22ClN5O2. The fraction of sp³-hybridized carbons (Fsp3) is 0.208. The number of benzene rings is 2. The highest BCUT2D eigenvalue weighted by molar-refractivity contribution is 6.30. The largest absolute Gasteiger partial charge is 0.323 e. The molecule has 0 radical (unpaired) electrons. The van der Waals surface area contributed by atoms with Crippen molar-refractivity contribution in [3.63, 3.8) is 0 Å². The lowest BCUT2D eigenvalue weighted by Crippen LogP contribution is -2.18. The number of H-pyrrole nitrogens is 2. The molecule has 32 heavy (non-hydrogen) atoms. The number of hydrogen-bond donors (Lipinski definition) is 2. The van der Waals surface area contributed by atoms with Gasteiger partial charge in [-0.3, -0.25) is 9.20 Å². The molecule has 3 aromatic heterocycles. The van der Waals surface area contributed by atoms with Crippen LogP contribution in [-0.4, -0.2) is 23.9 Å². The molecule has 0 bridgehead atoms. The van der Waals surface area contributed by atoms with Crippen LogP contribution in [0.1, 0.15) is 26.2 Å². The lowest BCUT2D eigenvalue weighted by molar-refractivity contribution is 0.606. The summed E-state index contributed by atoms with van der Waals surface area (Å²) in [4.78, 5) is 35.1. The SMILES string of the molecule is CCCCCn1c(-c2ccc3[nH]c(=O)[nH]c3c2)cc(=O)n2cc(-c3ccc(Cl)cc3)nc12. The predicted octanol–water partition coefficient (Wildman–Crippen LogP) is 4.84. The molecule has 162 valence electrons. The highest BCUT2D eigenvalue weighted by atomic mass is 35.5. The van der Waals surface area contributed by atoms with E-state index in [-0.39, 0.29) is 11.2 Å². The minimum absolute atomic E-state index is 0.155. The maximum absolute atomic E-state index is 13.0. The molecule has 0 fully saturated rings. The van der Waals surface area contributed by atoms with Gasteiger partial charge in [0.2, 0.25) is 5.78 Å². The van der Waals surface area contributed by atoms with Gasteiger partial charge in [-0.25, -0.2) is 9.78 Å². The van der Waals surface area contributed by atoms with E-state index in [4.69, 9.17) is 16.6 Å². The number of rotatable bonds is 6. The zero-order chi connectivity index (χ0) is 22.2. The number of fused-ring (bicyclic) bond motifs is 2. The molecule has 7 nitrogen and oxygen atoms in total. The molecule has 0 aliphatic carbocycles. The summed E-state index contributed by atoms with van der Waals surface area (Å²) in [6, 6.07) is 14.7. The van der Waals surface area contributed by atoms with Gasteiger partial charge in [0, 0.05) is 35.0 Å². The summed E-state index contributed by atoms with van der Waals surface area (Å²) in [6.45, 7) is 2.89. The number of aromatic amines is 2. The van der Waals surface area contributed by atoms with Gasteiger partial charge in [-0.05, 0) is 30.7 Å². The number of imidazole rings is 2. The van der Waals surface area contributed by atoms with E-state index in [1.807, 2.05) is 42.5 Å². The first-order valence-electron chi connectivity index (χ1n) is 10.6. The maximum atomic E-state index is 13.0. The van der Waals surface area contributed by atoms with Crippen molar-refractivity contribution in [3.05, 3.63) is 80.6 Å². The van der Waals surface area contributed by atoms with Gasteiger partial charge >= 0.3 is 5.69 Å². The van der Waals surface area contributed by atoms with E-state index in [1.54, 1.807) is 16.7 Å². The smallest absolute Gasteiger partial charge is 0.311 e. The Kier molecular flexibility index (Phi) is 5.19. The van der Waals surface area contributed by atoms with Crippen LogP contribution in [-0.2, 0) is 6.54 Å². The van der Waals surface area contributed by atoms with Crippen LogP contribution < -0.4 is 11.2 Å². The number of halogens is 1. The van der Waals surface area contributed by atoms with Crippen LogP contribution in [0.4, 0.5) is 0 Å². The summed E-state index contributed by atoms with van der Waals surface area (Å²) in [5.74, 6) is 0.594. The number of nitrogens with one attached hydrogen (secondary N) is 2. The first-order valence-corrected chi connectivity index (χ1v) is 11.0. The molecule has 0 unspecified atom stereocenters. The molecular weight excluding hydrogens is 426 g/mol. The maximum Gasteiger partial charge on any atom is 0.323 e. The summed E-state index contributed by atoms with van der Waals surface area (Å²) in [5.41, 5.74) is 4.24. The van der Waals surface area contributed by atoms with Gasteiger partial charge in [-0.15, -0.1) is 0 Å². The Morgan fingerprint density at radius 3 is 2.47 bits per heavy atom. The van der Waals surface area contributed by atoms with E-state index in [9.17, 15) is 9.59 Å². The van der Waals surface area contributed by atoms with E-state index in [1.165, 1.54) is 0 Å². The topological polar surface area (TPSA) is 88.0 Å². The Morgan fingerprint density at radius 2 is 1.69 bits per heavy atom. The molecule has 0 spiro atoms. The van der Waals surface area contributed by atoms with Crippen LogP contribution in [0.2, 0.25) is 5.02 Å². The van der Waals surface area contributed by atoms with Gasteiger partial charge in [-0.1, -0.05) is 49.6 Å². The molecule has 2 N–H and O–H groups in total. The molecule has 0 amide bonds. The zero-order valence-electron chi connectivity index (χ0n) is 17.6. The van der Waals surface area contributed by atoms with Crippen molar-refractivity contribution in [3.8, 4) is 22.5 Å². The average Bonchev–Trinajstić information content (AvgIpc) is 3.39. The van der Waals surface area contributed by atoms with Gasteiger partial charge in [0.1, 0.15) is 0 Å². The zero-order valence-corrected chi connectivity index (χ0v) is 18.3. The number of unbranched alkanes of at least 4 members (excludes halogenated alkanes) is 2. The lowest BCUT2D eigenvalue weighted by Gasteiger charge is -2.15. The van der Waals surface area contributed by atoms with E-state index in [0.29, 0.717) is 22.0 Å². The molecule has 5 rings (SSSR count). The quantitative estimate of drug-likeness (QED) is 0.365. The van der Waals surface area contributed by atoms with Crippen molar-refractivity contribution in [1.29, 1.82) is 0 Å². The number of nitrogens with zero attached hydrogens (tertiary/aromatic N) is 3. The van der Waals surface area contributed by atoms with Gasteiger partial charge in [0.05, 0.1) is 22.4 Å². The van der Waals surface area contributed by atoms with Crippen LogP contribution in [0.3, 0.4) is 0 Å². The molecule has 0 atom stereocenters. The Labute approximate surface area is 188 Å². The van der Waals surface area contributed by atoms with Crippen LogP contribution >= 0.6 is 11.6 Å². The second-order valence-corrected chi connectivity index (χ2v) is 8.31. The van der Waals surface area contributed by atoms with E-state index in [0.717, 1.165) is 48.1 Å². The van der Waals surface area contributed by atoms with Crippen LogP contribution in [0, 0.1) is 0 Å². The van der Waals surface area contributed by atoms with Crippen LogP contribution in [0.15, 0.2) is 64.3 Å². The van der Waals surface area contributed by atoms with Gasteiger partial charge in [-0.2, -0.15) is 0 Å². The van der Waals surface area contributed by atoms with Crippen LogP contribution in [0.5, 0.6) is 0 Å². The van der Waals surface area contributed by atoms with Gasteiger partial charge in [0.15, 0.2) is 0 Å². The fourth-order valence-corrected chi connectivity index (χ4v) is 4.15. The number of aromatic nitrogens is 5. The average molecular weight is 448 g/mol. The Morgan fingerprint density at radius 1 is 0.938 bits per heavy atom. The lowest BCUT2D eigenvalue weighted by atomic mass is 10.1. The molecule has 3 heterocycles. The summed E-state index contributed by atoms with van der Waals surface area (Å²) in [5, 5.41) is 0.650. The first-order chi connectivity index (χ1) is 15.5. The molecule has 0 aliphatic heterocycles. The molecule has 0 saturated heterocycles. The van der Waals surface area contributed by atoms with E-state index >= 15 is 0 Å². The second kappa shape index (κ2) is 8.16. The van der Waals surface area contributed by atoms with Crippen molar-refractivity contribution < 1.29 is 0 Å².